The van der Waals surface area contributed by atoms with Crippen LogP contribution in [0.25, 0.3) is 0 Å². The van der Waals surface area contributed by atoms with E-state index in [1.54, 1.807) is 19.9 Å². The number of nitrogens with one attached hydrogen (secondary N) is 3. The SMILES string of the molecule is CC[C@H](C)[C@@H]1NC(=O)[C@H](CC)N(C)C(=O)C[C@@H](C(=O)N(C)C)N(C)C(=O)[C@H](C2CCCC2)N(C)C(=O)C2(CC(C)(C)C2)NC(=O)[C@@H]2C[C@H](C)CN2C(=O)[C@H](CCC2CCC(C(F)(F)F)C(OC)C2)NC(=O)CN(C)C(=O)[C@H](CC2CCC(C)CC2)N2CC/C=C\C[C@@H](C2=O)N(C)C(=O)CN(C)C1=O. The Kier molecular flexibility index (Phi) is 28.7. The Balaban J connectivity index is 1.31. The third-order valence-electron chi connectivity index (χ3n) is 24.0. The van der Waals surface area contributed by atoms with E-state index in [0.29, 0.717) is 31.6 Å². The largest absolute Gasteiger partial charge is 0.394 e. The highest BCUT2D eigenvalue weighted by molar-refractivity contribution is 6.01. The number of nitrogens with zero attached hydrogens (tertiary/aromatic N) is 9. The van der Waals surface area contributed by atoms with Gasteiger partial charge in [0, 0.05) is 76.6 Å². The maximum absolute atomic E-state index is 15.7. The third kappa shape index (κ3) is 20.0. The summed E-state index contributed by atoms with van der Waals surface area (Å²) < 4.78 is 48.3. The summed E-state index contributed by atoms with van der Waals surface area (Å²) >= 11 is 0. The van der Waals surface area contributed by atoms with Crippen LogP contribution in [0.3, 0.4) is 0 Å². The molecule has 7 aliphatic rings. The van der Waals surface area contributed by atoms with Crippen LogP contribution in [0.5, 0.6) is 0 Å². The molecule has 3 N–H and O–H groups in total. The van der Waals surface area contributed by atoms with Crippen LogP contribution in [0, 0.1) is 46.8 Å². The van der Waals surface area contributed by atoms with E-state index in [0.717, 1.165) is 38.5 Å². The quantitative estimate of drug-likeness (QED) is 0.208. The summed E-state index contributed by atoms with van der Waals surface area (Å²) in [6.07, 6.45) is 4.93. The van der Waals surface area contributed by atoms with E-state index in [1.807, 2.05) is 33.8 Å². The van der Waals surface area contributed by atoms with E-state index in [9.17, 15) is 41.9 Å². The summed E-state index contributed by atoms with van der Waals surface area (Å²) in [6, 6.07) is -9.85. The number of alkyl halides is 3. The molecule has 0 aromatic rings. The molecule has 13 atom stereocenters. The minimum Gasteiger partial charge on any atom is -0.381 e. The maximum Gasteiger partial charge on any atom is 0.394 e. The zero-order valence-corrected chi connectivity index (χ0v) is 64.2. The number of ether oxygens (including phenoxy) is 1. The number of carbonyl (C=O) groups excluding carboxylic acids is 12. The van der Waals surface area contributed by atoms with E-state index in [-0.39, 0.29) is 101 Å². The summed E-state index contributed by atoms with van der Waals surface area (Å²) in [5.74, 6) is -10.4. The van der Waals surface area contributed by atoms with Crippen LogP contribution in [0.15, 0.2) is 12.2 Å². The Morgan fingerprint density at radius 2 is 1.30 bits per heavy atom. The molecule has 12 amide bonds. The topological polar surface area (TPSA) is 279 Å². The Hall–Kier alpha value is -6.87. The molecule has 3 heterocycles. The van der Waals surface area contributed by atoms with Gasteiger partial charge in [-0.1, -0.05) is 106 Å². The van der Waals surface area contributed by atoms with Gasteiger partial charge in [-0.15, -0.1) is 0 Å². The number of methoxy groups -OCH3 is 1. The minimum atomic E-state index is -4.51. The Labute approximate surface area is 608 Å². The molecule has 1 spiro atoms. The van der Waals surface area contributed by atoms with Crippen LogP contribution in [0.2, 0.25) is 0 Å². The van der Waals surface area contributed by atoms with Crippen molar-refractivity contribution >= 4 is 70.9 Å². The maximum atomic E-state index is 15.7. The molecule has 0 aromatic carbocycles. The molecule has 3 unspecified atom stereocenters. The molecule has 4 saturated carbocycles. The minimum absolute atomic E-state index is 0.00618. The second-order valence-electron chi connectivity index (χ2n) is 32.7. The highest BCUT2D eigenvalue weighted by atomic mass is 19.4. The van der Waals surface area contributed by atoms with Gasteiger partial charge in [-0.05, 0) is 131 Å². The number of likely N-dealkylation sites (N-methyl/N-ethyl adjacent to an activating group) is 7. The fraction of sp³-hybridized carbons (Fsp3) is 0.813. The van der Waals surface area contributed by atoms with E-state index >= 15 is 28.8 Å². The van der Waals surface area contributed by atoms with Crippen LogP contribution < -0.4 is 16.0 Å². The van der Waals surface area contributed by atoms with Gasteiger partial charge in [0.2, 0.25) is 70.9 Å². The second kappa shape index (κ2) is 35.5. The van der Waals surface area contributed by atoms with Gasteiger partial charge in [0.1, 0.15) is 53.9 Å². The molecule has 580 valence electrons. The molecule has 0 radical (unpaired) electrons. The van der Waals surface area contributed by atoms with Crippen molar-refractivity contribution in [2.45, 2.75) is 256 Å². The lowest BCUT2D eigenvalue weighted by Crippen LogP contribution is -2.71. The van der Waals surface area contributed by atoms with Crippen LogP contribution in [-0.2, 0) is 62.3 Å². The van der Waals surface area contributed by atoms with Crippen molar-refractivity contribution in [3.63, 3.8) is 0 Å². The molecular weight excluding hydrogens is 1330 g/mol. The first kappa shape index (κ1) is 83.4. The van der Waals surface area contributed by atoms with Crippen LogP contribution in [0.1, 0.15) is 190 Å². The van der Waals surface area contributed by atoms with Gasteiger partial charge >= 0.3 is 6.18 Å². The first-order valence-electron chi connectivity index (χ1n) is 37.8. The molecular formula is C75H121F3N12O13. The summed E-state index contributed by atoms with van der Waals surface area (Å²) in [5, 5.41) is 8.87. The monoisotopic (exact) mass is 1450 g/mol. The fourth-order valence-corrected chi connectivity index (χ4v) is 17.6. The van der Waals surface area contributed by atoms with Gasteiger partial charge in [-0.3, -0.25) is 57.5 Å². The summed E-state index contributed by atoms with van der Waals surface area (Å²) in [7, 11) is 12.8. The van der Waals surface area contributed by atoms with E-state index in [1.165, 1.54) is 108 Å². The predicted molar refractivity (Wildman–Crippen MR) is 380 cm³/mol. The van der Waals surface area contributed by atoms with E-state index in [4.69, 9.17) is 4.74 Å². The molecule has 25 nitrogen and oxygen atoms in total. The van der Waals surface area contributed by atoms with Crippen molar-refractivity contribution in [2.75, 3.05) is 89.7 Å². The number of halogens is 3. The van der Waals surface area contributed by atoms with Crippen molar-refractivity contribution in [3.8, 4) is 0 Å². The average Bonchev–Trinajstić information content (AvgIpc) is 1.33. The van der Waals surface area contributed by atoms with Gasteiger partial charge in [0.15, 0.2) is 0 Å². The molecule has 103 heavy (non-hydrogen) atoms. The van der Waals surface area contributed by atoms with Crippen molar-refractivity contribution < 1.29 is 75.4 Å². The molecule has 6 fully saturated rings. The fourth-order valence-electron chi connectivity index (χ4n) is 17.6. The lowest BCUT2D eigenvalue weighted by Gasteiger charge is -2.54. The Morgan fingerprint density at radius 3 is 1.89 bits per heavy atom. The van der Waals surface area contributed by atoms with E-state index in [2.05, 4.69) is 22.9 Å². The van der Waals surface area contributed by atoms with Crippen LogP contribution >= 0.6 is 0 Å². The van der Waals surface area contributed by atoms with Crippen molar-refractivity contribution in [1.29, 1.82) is 0 Å². The van der Waals surface area contributed by atoms with Gasteiger partial charge < -0.3 is 64.8 Å². The smallest absolute Gasteiger partial charge is 0.381 e. The number of rotatable bonds is 11. The molecule has 4 aliphatic carbocycles. The Bertz CT molecular complexity index is 3090. The lowest BCUT2D eigenvalue weighted by molar-refractivity contribution is -0.215. The van der Waals surface area contributed by atoms with Crippen molar-refractivity contribution in [2.24, 2.45) is 46.8 Å². The molecule has 3 aliphatic heterocycles. The Morgan fingerprint density at radius 1 is 0.670 bits per heavy atom. The predicted octanol–water partition coefficient (Wildman–Crippen LogP) is 5.77. The first-order valence-corrected chi connectivity index (χ1v) is 37.8. The first-order chi connectivity index (χ1) is 48.3. The molecule has 2 saturated heterocycles. The molecule has 0 aromatic heterocycles. The number of fused-ring (bicyclic) bond motifs is 3. The molecule has 7 rings (SSSR count). The number of amides is 12. The highest BCUT2D eigenvalue weighted by Crippen LogP contribution is 2.50. The summed E-state index contributed by atoms with van der Waals surface area (Å²) in [6.45, 7) is 12.2. The molecule has 28 heteroatoms. The number of hydrogen-bond donors (Lipinski definition) is 3. The third-order valence-corrected chi connectivity index (χ3v) is 24.0. The summed E-state index contributed by atoms with van der Waals surface area (Å²) in [4.78, 5) is 192. The van der Waals surface area contributed by atoms with Gasteiger partial charge in [0.05, 0.1) is 31.5 Å². The van der Waals surface area contributed by atoms with Crippen LogP contribution in [-0.4, -0.2) is 271 Å². The van der Waals surface area contributed by atoms with Crippen molar-refractivity contribution in [3.05, 3.63) is 12.2 Å². The summed E-state index contributed by atoms with van der Waals surface area (Å²) in [5.41, 5.74) is -2.10. The lowest BCUT2D eigenvalue weighted by atomic mass is 9.58. The highest BCUT2D eigenvalue weighted by Gasteiger charge is 2.59. The zero-order chi connectivity index (χ0) is 76.5. The average molecular weight is 1460 g/mol. The van der Waals surface area contributed by atoms with E-state index < -0.39 is 180 Å². The molecule has 2 bridgehead atoms. The standard InChI is InChI=1S/C75H121F3N12O13/c1-17-47(5)62-70(100)84(11)42-61(93)86(13)54-26-20-19-23-35-89(69(54)99)57(37-48-29-27-45(3)28-30-48)68(98)83(10)41-59(91)79-52(34-32-49-31-33-51(75(76,77)78)58(38-49)103-16)66(96)90-40-46(4)36-55(90)65(95)81-74(43-73(6,7)44-74)72(102)88(15)63(50-24-21-22-25-50)71(101)87(14)56(67(97)82(8)9)39-60(92)85(12)53(18-2)64(94)80-62/h19-20,45-58,62-63H,17-18,21-44H2,1-16H3,(H,79,91)(H,80,94)(H,81,95)/b20-19-/t45?,46-,47-,48?,49?,51?,52-,53-,54-,55-,56-,57-,58?,62-,63-/m0/s1. The van der Waals surface area contributed by atoms with Gasteiger partial charge in [-0.25, -0.2) is 0 Å². The van der Waals surface area contributed by atoms with Gasteiger partial charge in [-0.2, -0.15) is 13.2 Å². The van der Waals surface area contributed by atoms with Gasteiger partial charge in [0.25, 0.3) is 0 Å². The van der Waals surface area contributed by atoms with Crippen LogP contribution in [0.4, 0.5) is 13.2 Å². The van der Waals surface area contributed by atoms with Crippen molar-refractivity contribution in [1.82, 2.24) is 60.0 Å². The zero-order valence-electron chi connectivity index (χ0n) is 64.2. The number of carbonyl (C=O) groups is 12. The number of hydrogen-bond acceptors (Lipinski definition) is 13. The normalized spacial score (nSPS) is 32.5. The second-order valence-corrected chi connectivity index (χ2v) is 32.7.